The fourth-order valence-electron chi connectivity index (χ4n) is 3.06. The Morgan fingerprint density at radius 2 is 1.69 bits per heavy atom. The lowest BCUT2D eigenvalue weighted by atomic mass is 9.85. The number of methoxy groups -OCH3 is 1. The van der Waals surface area contributed by atoms with E-state index in [1.807, 2.05) is 48.5 Å². The van der Waals surface area contributed by atoms with Gasteiger partial charge in [0.1, 0.15) is 5.75 Å². The van der Waals surface area contributed by atoms with E-state index in [9.17, 15) is 4.79 Å². The number of ketones is 1. The van der Waals surface area contributed by atoms with E-state index in [2.05, 4.69) is 47.1 Å². The summed E-state index contributed by atoms with van der Waals surface area (Å²) in [6.45, 7) is 2.05. The molecule has 3 rings (SSSR count). The maximum absolute atomic E-state index is 13.3. The van der Waals surface area contributed by atoms with Gasteiger partial charge in [-0.2, -0.15) is 0 Å². The molecule has 0 fully saturated rings. The van der Waals surface area contributed by atoms with Crippen molar-refractivity contribution >= 4 is 21.7 Å². The average molecular weight is 409 g/mol. The molecule has 0 aliphatic carbocycles. The van der Waals surface area contributed by atoms with E-state index in [0.717, 1.165) is 26.9 Å². The van der Waals surface area contributed by atoms with Crippen LogP contribution in [0.25, 0.3) is 0 Å². The molecule has 3 aromatic carbocycles. The number of ether oxygens (including phenoxy) is 1. The predicted molar refractivity (Wildman–Crippen MR) is 109 cm³/mol. The van der Waals surface area contributed by atoms with Crippen LogP contribution in [0.3, 0.4) is 0 Å². The monoisotopic (exact) mass is 408 g/mol. The van der Waals surface area contributed by atoms with Crippen molar-refractivity contribution in [3.05, 3.63) is 99.5 Å². The van der Waals surface area contributed by atoms with Crippen molar-refractivity contribution in [3.63, 3.8) is 0 Å². The van der Waals surface area contributed by atoms with Crippen molar-refractivity contribution in [1.29, 1.82) is 0 Å². The van der Waals surface area contributed by atoms with Crippen LogP contribution in [0.4, 0.5) is 0 Å². The van der Waals surface area contributed by atoms with Gasteiger partial charge >= 0.3 is 0 Å². The van der Waals surface area contributed by atoms with Crippen LogP contribution in [-0.2, 0) is 6.42 Å². The predicted octanol–water partition coefficient (Wildman–Crippen LogP) is 5.98. The molecule has 2 nitrogen and oxygen atoms in total. The minimum Gasteiger partial charge on any atom is -0.497 e. The smallest absolute Gasteiger partial charge is 0.170 e. The quantitative estimate of drug-likeness (QED) is 0.469. The van der Waals surface area contributed by atoms with Crippen molar-refractivity contribution in [2.24, 2.45) is 0 Å². The summed E-state index contributed by atoms with van der Waals surface area (Å²) in [5, 5.41) is 0. The summed E-state index contributed by atoms with van der Waals surface area (Å²) in [7, 11) is 1.62. The molecule has 0 amide bonds. The normalized spacial score (nSPS) is 11.8. The van der Waals surface area contributed by atoms with Crippen LogP contribution >= 0.6 is 15.9 Å². The first kappa shape index (κ1) is 18.4. The molecule has 3 heteroatoms. The molecule has 0 radical (unpaired) electrons. The van der Waals surface area contributed by atoms with Crippen LogP contribution < -0.4 is 4.74 Å². The van der Waals surface area contributed by atoms with E-state index in [1.165, 1.54) is 0 Å². The second kappa shape index (κ2) is 8.33. The number of Topliss-reactive ketones (excluding diaryl/α,β-unsaturated/α-hetero) is 1. The van der Waals surface area contributed by atoms with E-state index in [4.69, 9.17) is 4.74 Å². The second-order valence-corrected chi connectivity index (χ2v) is 7.31. The van der Waals surface area contributed by atoms with Crippen LogP contribution in [0.1, 0.15) is 33.0 Å². The van der Waals surface area contributed by atoms with Gasteiger partial charge in [-0.15, -0.1) is 0 Å². The molecule has 1 atom stereocenters. The molecule has 0 bridgehead atoms. The van der Waals surface area contributed by atoms with Gasteiger partial charge in [-0.25, -0.2) is 0 Å². The number of rotatable bonds is 6. The van der Waals surface area contributed by atoms with Crippen molar-refractivity contribution in [1.82, 2.24) is 0 Å². The first-order chi connectivity index (χ1) is 12.6. The molecule has 0 aliphatic rings. The summed E-state index contributed by atoms with van der Waals surface area (Å²) in [6, 6.07) is 23.7. The number of halogens is 1. The lowest BCUT2D eigenvalue weighted by Gasteiger charge is -2.18. The van der Waals surface area contributed by atoms with E-state index >= 15 is 0 Å². The molecular formula is C23H21BrO2. The van der Waals surface area contributed by atoms with E-state index in [1.54, 1.807) is 7.11 Å². The van der Waals surface area contributed by atoms with E-state index in [-0.39, 0.29) is 11.7 Å². The molecule has 26 heavy (non-hydrogen) atoms. The van der Waals surface area contributed by atoms with Gasteiger partial charge in [-0.3, -0.25) is 4.79 Å². The van der Waals surface area contributed by atoms with Gasteiger partial charge in [0.25, 0.3) is 0 Å². The highest BCUT2D eigenvalue weighted by Gasteiger charge is 2.23. The topological polar surface area (TPSA) is 26.3 Å². The third kappa shape index (κ3) is 4.41. The highest BCUT2D eigenvalue weighted by molar-refractivity contribution is 9.10. The second-order valence-electron chi connectivity index (χ2n) is 6.39. The Kier molecular flexibility index (Phi) is 5.89. The summed E-state index contributed by atoms with van der Waals surface area (Å²) >= 11 is 3.47. The Morgan fingerprint density at radius 1 is 1.00 bits per heavy atom. The molecule has 0 spiro atoms. The molecule has 1 unspecified atom stereocenters. The average Bonchev–Trinajstić information content (AvgIpc) is 2.67. The minimum absolute atomic E-state index is 0.126. The molecule has 0 N–H and O–H groups in total. The maximum atomic E-state index is 13.3. The molecule has 0 aliphatic heterocycles. The number of aryl methyl sites for hydroxylation is 1. The van der Waals surface area contributed by atoms with Crippen molar-refractivity contribution in [2.75, 3.05) is 7.11 Å². The first-order valence-corrected chi connectivity index (χ1v) is 9.35. The molecule has 0 saturated heterocycles. The van der Waals surface area contributed by atoms with Gasteiger partial charge in [0, 0.05) is 10.0 Å². The molecule has 0 aromatic heterocycles. The molecule has 0 saturated carbocycles. The number of benzene rings is 3. The largest absolute Gasteiger partial charge is 0.497 e. The van der Waals surface area contributed by atoms with Crippen LogP contribution in [0.15, 0.2) is 77.3 Å². The van der Waals surface area contributed by atoms with Gasteiger partial charge < -0.3 is 4.74 Å². The highest BCUT2D eigenvalue weighted by Crippen LogP contribution is 2.27. The summed E-state index contributed by atoms with van der Waals surface area (Å²) in [5.41, 5.74) is 4.05. The fourth-order valence-corrected chi connectivity index (χ4v) is 3.33. The van der Waals surface area contributed by atoms with Gasteiger partial charge in [0.05, 0.1) is 13.0 Å². The maximum Gasteiger partial charge on any atom is 0.170 e. The summed E-state index contributed by atoms with van der Waals surface area (Å²) in [4.78, 5) is 13.3. The van der Waals surface area contributed by atoms with E-state index < -0.39 is 0 Å². The van der Waals surface area contributed by atoms with Crippen LogP contribution in [0.5, 0.6) is 5.75 Å². The van der Waals surface area contributed by atoms with Gasteiger partial charge in [-0.1, -0.05) is 57.9 Å². The van der Waals surface area contributed by atoms with Gasteiger partial charge in [0.2, 0.25) is 0 Å². The molecular weight excluding hydrogens is 388 g/mol. The lowest BCUT2D eigenvalue weighted by Crippen LogP contribution is -2.16. The van der Waals surface area contributed by atoms with Gasteiger partial charge in [0.15, 0.2) is 5.78 Å². The van der Waals surface area contributed by atoms with Crippen molar-refractivity contribution in [2.45, 2.75) is 19.3 Å². The number of carbonyl (C=O) groups is 1. The number of hydrogen-bond acceptors (Lipinski definition) is 2. The zero-order valence-corrected chi connectivity index (χ0v) is 16.5. The Labute approximate surface area is 163 Å². The molecule has 132 valence electrons. The van der Waals surface area contributed by atoms with E-state index in [0.29, 0.717) is 12.0 Å². The first-order valence-electron chi connectivity index (χ1n) is 8.56. The zero-order valence-electron chi connectivity index (χ0n) is 14.9. The SMILES string of the molecule is COc1ccc(C(=O)C(Cc2ccc(Br)cc2)c2cccc(C)c2)cc1. The number of carbonyl (C=O) groups excluding carboxylic acids is 1. The third-order valence-electron chi connectivity index (χ3n) is 4.49. The number of hydrogen-bond donors (Lipinski definition) is 0. The lowest BCUT2D eigenvalue weighted by molar-refractivity contribution is 0.0959. The Morgan fingerprint density at radius 3 is 2.31 bits per heavy atom. The van der Waals surface area contributed by atoms with Crippen LogP contribution in [0.2, 0.25) is 0 Å². The Balaban J connectivity index is 1.95. The summed E-state index contributed by atoms with van der Waals surface area (Å²) in [6.07, 6.45) is 0.668. The minimum atomic E-state index is -0.218. The Bertz CT molecular complexity index is 883. The van der Waals surface area contributed by atoms with Gasteiger partial charge in [-0.05, 0) is 60.9 Å². The highest BCUT2D eigenvalue weighted by atomic mass is 79.9. The molecule has 3 aromatic rings. The standard InChI is InChI=1S/C23H21BrO2/c1-16-4-3-5-19(14-16)22(15-17-6-10-20(24)11-7-17)23(25)18-8-12-21(26-2)13-9-18/h3-14,22H,15H2,1-2H3. The zero-order chi connectivity index (χ0) is 18.5. The van der Waals surface area contributed by atoms with Crippen molar-refractivity contribution < 1.29 is 9.53 Å². The summed E-state index contributed by atoms with van der Waals surface area (Å²) in [5.74, 6) is 0.659. The van der Waals surface area contributed by atoms with Crippen LogP contribution in [0, 0.1) is 6.92 Å². The van der Waals surface area contributed by atoms with Crippen molar-refractivity contribution in [3.8, 4) is 5.75 Å². The Hall–Kier alpha value is -2.39. The van der Waals surface area contributed by atoms with Crippen LogP contribution in [-0.4, -0.2) is 12.9 Å². The third-order valence-corrected chi connectivity index (χ3v) is 5.02. The molecule has 0 heterocycles. The summed E-state index contributed by atoms with van der Waals surface area (Å²) < 4.78 is 6.24. The fraction of sp³-hybridized carbons (Fsp3) is 0.174.